The molecule has 1 heterocycles. The lowest BCUT2D eigenvalue weighted by Gasteiger charge is -2.31. The van der Waals surface area contributed by atoms with Crippen molar-refractivity contribution in [2.24, 2.45) is 0 Å². The van der Waals surface area contributed by atoms with E-state index in [0.717, 1.165) is 5.56 Å². The molecule has 6 nitrogen and oxygen atoms in total. The number of hydrogen-bond donors (Lipinski definition) is 2. The van der Waals surface area contributed by atoms with Crippen LogP contribution in [0.15, 0.2) is 30.3 Å². The average molecular weight is 264 g/mol. The van der Waals surface area contributed by atoms with Gasteiger partial charge in [0, 0.05) is 6.54 Å². The number of rotatable bonds is 3. The second-order valence-corrected chi connectivity index (χ2v) is 4.37. The Morgan fingerprint density at radius 1 is 1.42 bits per heavy atom. The van der Waals surface area contributed by atoms with Gasteiger partial charge in [-0.2, -0.15) is 0 Å². The maximum Gasteiger partial charge on any atom is 0.410 e. The van der Waals surface area contributed by atoms with Gasteiger partial charge in [0.1, 0.15) is 13.2 Å². The molecule has 19 heavy (non-hydrogen) atoms. The van der Waals surface area contributed by atoms with E-state index in [0.29, 0.717) is 0 Å². The van der Waals surface area contributed by atoms with E-state index >= 15 is 0 Å². The van der Waals surface area contributed by atoms with E-state index in [1.807, 2.05) is 30.3 Å². The molecular formula is C13H16N2O4. The van der Waals surface area contributed by atoms with Crippen molar-refractivity contribution in [3.05, 3.63) is 35.9 Å². The fraction of sp³-hybridized carbons (Fsp3) is 0.385. The van der Waals surface area contributed by atoms with Crippen LogP contribution in [0.4, 0.5) is 4.79 Å². The van der Waals surface area contributed by atoms with Crippen molar-refractivity contribution in [3.8, 4) is 0 Å². The minimum Gasteiger partial charge on any atom is -0.445 e. The predicted octanol–water partition coefficient (Wildman–Crippen LogP) is 0.116. The minimum atomic E-state index is -0.544. The van der Waals surface area contributed by atoms with E-state index in [4.69, 9.17) is 9.84 Å². The molecule has 0 aliphatic carbocycles. The summed E-state index contributed by atoms with van der Waals surface area (Å²) < 4.78 is 5.13. The van der Waals surface area contributed by atoms with Gasteiger partial charge in [-0.25, -0.2) is 4.79 Å². The largest absolute Gasteiger partial charge is 0.445 e. The van der Waals surface area contributed by atoms with Crippen LogP contribution in [-0.2, 0) is 16.1 Å². The predicted molar refractivity (Wildman–Crippen MR) is 67.2 cm³/mol. The lowest BCUT2D eigenvalue weighted by molar-refractivity contribution is -0.125. The first-order valence-corrected chi connectivity index (χ1v) is 6.05. The van der Waals surface area contributed by atoms with Crippen LogP contribution in [0.1, 0.15) is 5.56 Å². The number of carbonyl (C=O) groups is 2. The van der Waals surface area contributed by atoms with Crippen LogP contribution < -0.4 is 5.32 Å². The van der Waals surface area contributed by atoms with Crippen molar-refractivity contribution in [2.75, 3.05) is 19.7 Å². The van der Waals surface area contributed by atoms with Gasteiger partial charge < -0.3 is 15.2 Å². The van der Waals surface area contributed by atoms with Crippen LogP contribution in [0.2, 0.25) is 0 Å². The molecule has 1 aromatic carbocycles. The molecule has 6 heteroatoms. The average Bonchev–Trinajstić information content (AvgIpc) is 2.45. The zero-order valence-electron chi connectivity index (χ0n) is 10.4. The third-order valence-electron chi connectivity index (χ3n) is 2.82. The summed E-state index contributed by atoms with van der Waals surface area (Å²) in [5.74, 6) is -0.290. The first kappa shape index (κ1) is 13.4. The normalized spacial score (nSPS) is 18.9. The number of aliphatic hydroxyl groups is 1. The van der Waals surface area contributed by atoms with Gasteiger partial charge >= 0.3 is 6.09 Å². The Labute approximate surface area is 111 Å². The molecule has 1 saturated heterocycles. The third kappa shape index (κ3) is 3.69. The molecule has 102 valence electrons. The van der Waals surface area contributed by atoms with Gasteiger partial charge in [0.25, 0.3) is 0 Å². The summed E-state index contributed by atoms with van der Waals surface area (Å²) in [5.41, 5.74) is 0.885. The lowest BCUT2D eigenvalue weighted by atomic mass is 10.2. The van der Waals surface area contributed by atoms with E-state index in [1.165, 1.54) is 4.90 Å². The molecule has 1 aliphatic heterocycles. The Morgan fingerprint density at radius 2 is 2.16 bits per heavy atom. The smallest absolute Gasteiger partial charge is 0.410 e. The molecule has 1 aliphatic rings. The third-order valence-corrected chi connectivity index (χ3v) is 2.82. The number of nitrogens with zero attached hydrogens (tertiary/aromatic N) is 1. The fourth-order valence-corrected chi connectivity index (χ4v) is 1.88. The number of aliphatic hydroxyl groups excluding tert-OH is 1. The van der Waals surface area contributed by atoms with Crippen molar-refractivity contribution in [3.63, 3.8) is 0 Å². The van der Waals surface area contributed by atoms with Gasteiger partial charge in [0.15, 0.2) is 0 Å². The fourth-order valence-electron chi connectivity index (χ4n) is 1.88. The summed E-state index contributed by atoms with van der Waals surface area (Å²) in [5, 5.41) is 11.6. The van der Waals surface area contributed by atoms with Crippen molar-refractivity contribution in [1.29, 1.82) is 0 Å². The summed E-state index contributed by atoms with van der Waals surface area (Å²) in [4.78, 5) is 24.5. The van der Waals surface area contributed by atoms with E-state index in [-0.39, 0.29) is 32.2 Å². The lowest BCUT2D eigenvalue weighted by Crippen LogP contribution is -2.57. The molecule has 2 N–H and O–H groups in total. The Morgan fingerprint density at radius 3 is 2.84 bits per heavy atom. The van der Waals surface area contributed by atoms with E-state index in [9.17, 15) is 9.59 Å². The van der Waals surface area contributed by atoms with Gasteiger partial charge in [0.05, 0.1) is 12.6 Å². The van der Waals surface area contributed by atoms with Gasteiger partial charge in [0.2, 0.25) is 5.91 Å². The van der Waals surface area contributed by atoms with Crippen LogP contribution >= 0.6 is 0 Å². The Bertz CT molecular complexity index is 449. The molecule has 1 unspecified atom stereocenters. The van der Waals surface area contributed by atoms with Crippen molar-refractivity contribution >= 4 is 12.0 Å². The first-order valence-electron chi connectivity index (χ1n) is 6.05. The molecule has 0 saturated carbocycles. The Balaban J connectivity index is 1.87. The number of amides is 2. The molecule has 1 atom stereocenters. The molecule has 0 radical (unpaired) electrons. The maximum atomic E-state index is 11.8. The highest BCUT2D eigenvalue weighted by atomic mass is 16.6. The Hall–Kier alpha value is -2.08. The van der Waals surface area contributed by atoms with Crippen LogP contribution in [-0.4, -0.2) is 47.7 Å². The summed E-state index contributed by atoms with van der Waals surface area (Å²) in [7, 11) is 0. The number of ether oxygens (including phenoxy) is 1. The van der Waals surface area contributed by atoms with Crippen LogP contribution in [0, 0.1) is 0 Å². The van der Waals surface area contributed by atoms with Gasteiger partial charge in [-0.1, -0.05) is 30.3 Å². The minimum absolute atomic E-state index is 0.0376. The number of hydrogen-bond acceptors (Lipinski definition) is 4. The quantitative estimate of drug-likeness (QED) is 0.812. The number of carbonyl (C=O) groups excluding carboxylic acids is 2. The summed E-state index contributed by atoms with van der Waals surface area (Å²) in [6.07, 6.45) is -0.544. The summed E-state index contributed by atoms with van der Waals surface area (Å²) in [6.45, 7) is 0.190. The molecule has 0 aromatic heterocycles. The summed E-state index contributed by atoms with van der Waals surface area (Å²) in [6, 6.07) is 8.88. The van der Waals surface area contributed by atoms with E-state index in [2.05, 4.69) is 5.32 Å². The highest BCUT2D eigenvalue weighted by Gasteiger charge is 2.28. The molecular weight excluding hydrogens is 248 g/mol. The van der Waals surface area contributed by atoms with E-state index < -0.39 is 12.1 Å². The SMILES string of the molecule is O=C1CN(C(=O)OCc2ccccc2)CC(CO)N1. The van der Waals surface area contributed by atoms with Gasteiger partial charge in [-0.3, -0.25) is 9.69 Å². The molecule has 2 amide bonds. The highest BCUT2D eigenvalue weighted by Crippen LogP contribution is 2.06. The van der Waals surface area contributed by atoms with Crippen molar-refractivity contribution in [2.45, 2.75) is 12.6 Å². The topological polar surface area (TPSA) is 78.9 Å². The second kappa shape index (κ2) is 6.19. The Kier molecular flexibility index (Phi) is 4.35. The van der Waals surface area contributed by atoms with Crippen LogP contribution in [0.5, 0.6) is 0 Å². The van der Waals surface area contributed by atoms with Gasteiger partial charge in [-0.05, 0) is 5.56 Å². The highest BCUT2D eigenvalue weighted by molar-refractivity contribution is 5.83. The van der Waals surface area contributed by atoms with Crippen molar-refractivity contribution in [1.82, 2.24) is 10.2 Å². The number of nitrogens with one attached hydrogen (secondary N) is 1. The molecule has 2 rings (SSSR count). The van der Waals surface area contributed by atoms with Crippen LogP contribution in [0.25, 0.3) is 0 Å². The van der Waals surface area contributed by atoms with E-state index in [1.54, 1.807) is 0 Å². The zero-order valence-corrected chi connectivity index (χ0v) is 10.4. The first-order chi connectivity index (χ1) is 9.19. The molecule has 0 bridgehead atoms. The molecule has 0 spiro atoms. The monoisotopic (exact) mass is 264 g/mol. The van der Waals surface area contributed by atoms with Crippen molar-refractivity contribution < 1.29 is 19.4 Å². The van der Waals surface area contributed by atoms with Gasteiger partial charge in [-0.15, -0.1) is 0 Å². The number of piperazine rings is 1. The molecule has 1 fully saturated rings. The number of benzene rings is 1. The maximum absolute atomic E-state index is 11.8. The zero-order chi connectivity index (χ0) is 13.7. The van der Waals surface area contributed by atoms with Crippen LogP contribution in [0.3, 0.4) is 0 Å². The summed E-state index contributed by atoms with van der Waals surface area (Å²) >= 11 is 0. The molecule has 1 aromatic rings. The standard InChI is InChI=1S/C13H16N2O4/c16-8-11-6-15(7-12(17)14-11)13(18)19-9-10-4-2-1-3-5-10/h1-5,11,16H,6-9H2,(H,14,17). The second-order valence-electron chi connectivity index (χ2n) is 4.37.